The van der Waals surface area contributed by atoms with Gasteiger partial charge in [0.05, 0.1) is 6.20 Å². The Balaban J connectivity index is 0.00000625. The molecular weight excluding hydrogens is 795 g/mol. The van der Waals surface area contributed by atoms with Gasteiger partial charge in [-0.2, -0.15) is 9.36 Å². The van der Waals surface area contributed by atoms with E-state index in [1.165, 1.54) is 16.7 Å². The van der Waals surface area contributed by atoms with Crippen LogP contribution in [0, 0.1) is 0 Å². The zero-order valence-electron chi connectivity index (χ0n) is 26.6. The molecule has 2 aromatic rings. The molecule has 22 heteroatoms. The van der Waals surface area contributed by atoms with E-state index in [4.69, 9.17) is 25.8 Å². The van der Waals surface area contributed by atoms with Crippen molar-refractivity contribution in [2.45, 2.75) is 31.3 Å². The topological polar surface area (TPSA) is 172 Å². The van der Waals surface area contributed by atoms with E-state index in [2.05, 4.69) is 34.6 Å². The normalized spacial score (nSPS) is 18.2. The van der Waals surface area contributed by atoms with Gasteiger partial charge in [-0.05, 0) is 52.8 Å². The number of aromatic nitrogens is 3. The zero-order chi connectivity index (χ0) is 34.2. The van der Waals surface area contributed by atoms with Crippen molar-refractivity contribution in [2.75, 3.05) is 57.0 Å². The van der Waals surface area contributed by atoms with Crippen molar-refractivity contribution in [1.29, 1.82) is 0 Å². The minimum Gasteiger partial charge on any atom is -1.00 e. The molecule has 0 bridgehead atoms. The van der Waals surface area contributed by atoms with Gasteiger partial charge in [0.25, 0.3) is 18.7 Å². The summed E-state index contributed by atoms with van der Waals surface area (Å²) in [7, 11) is 14.7. The minimum absolute atomic E-state index is 0. The molecule has 48 heavy (non-hydrogen) atoms. The molecule has 4 rings (SSSR count). The zero-order valence-corrected chi connectivity index (χ0v) is 31.3. The van der Waals surface area contributed by atoms with Gasteiger partial charge in [-0.25, -0.2) is 13.8 Å². The number of carbonyl (C=O) groups is 3. The molecule has 2 aliphatic heterocycles. The lowest BCUT2D eigenvalue weighted by Gasteiger charge is -2.49. The molecule has 3 N–H and O–H groups in total. The number of halogens is 2. The Labute approximate surface area is 306 Å². The summed E-state index contributed by atoms with van der Waals surface area (Å²) in [5.74, 6) is -1.56. The number of aliphatic imine (C=N–C) groups is 1. The number of nitrogens with one attached hydrogen (secondary N) is 1. The molecule has 15 nitrogen and oxygen atoms in total. The van der Waals surface area contributed by atoms with Gasteiger partial charge in [0.2, 0.25) is 19.5 Å². The lowest BCUT2D eigenvalue weighted by molar-refractivity contribution is -0.675. The Kier molecular flexibility index (Phi) is 15.0. The van der Waals surface area contributed by atoms with Gasteiger partial charge in [-0.15, -0.1) is 11.8 Å². The number of nitrogen functional groups attached to an aromatic ring is 1. The highest BCUT2D eigenvalue weighted by Crippen LogP contribution is 2.42. The van der Waals surface area contributed by atoms with Crippen LogP contribution < -0.4 is 44.4 Å². The van der Waals surface area contributed by atoms with E-state index in [0.717, 1.165) is 24.5 Å². The second-order valence-electron chi connectivity index (χ2n) is 10.5. The molecule has 0 spiro atoms. The van der Waals surface area contributed by atoms with E-state index in [-0.39, 0.29) is 47.2 Å². The third-order valence-electron chi connectivity index (χ3n) is 6.77. The van der Waals surface area contributed by atoms with Crippen LogP contribution in [0.5, 0.6) is 0 Å². The van der Waals surface area contributed by atoms with Crippen LogP contribution in [0.1, 0.15) is 19.2 Å². The van der Waals surface area contributed by atoms with E-state index >= 15 is 0 Å². The second-order valence-corrected chi connectivity index (χ2v) is 13.6. The maximum Gasteiger partial charge on any atom is 0.357 e. The third kappa shape index (κ3) is 9.42. The number of nitrogens with two attached hydrogens (primary N) is 1. The Morgan fingerprint density at radius 3 is 2.75 bits per heavy atom. The number of hydrogen-bond acceptors (Lipinski definition) is 14. The van der Waals surface area contributed by atoms with Crippen molar-refractivity contribution in [1.82, 2.24) is 24.5 Å². The number of β-lactam (4-membered cyclic amide) rings is 1. The summed E-state index contributed by atoms with van der Waals surface area (Å²) in [6.07, 6.45) is 4.28. The van der Waals surface area contributed by atoms with Crippen molar-refractivity contribution in [3.05, 3.63) is 35.4 Å². The summed E-state index contributed by atoms with van der Waals surface area (Å²) in [6, 6.07) is 2.63. The molecule has 3 unspecified atom stereocenters. The standard InChI is InChI=1S/C26H32B2FN10O5PS2.HI/c1-5-31-21-16(38(27)11-7-9-36(2)3)8-6-10-37(21)12-15-13-46-24-18(23(41)39(24)19(15)25(42)44-45(4)28)32-22(40)17(34-43-14-29)20-33-26(30)47-35-20;/h5-6,8,10,18,24H,7,9,11-14H2,1-4H3,(H2-,30,32,33,35,40);1H/b34-17-;. The number of anilines is 2. The number of alkyl halides is 1. The number of oxime groups is 1. The van der Waals surface area contributed by atoms with Gasteiger partial charge in [-0.1, -0.05) is 10.1 Å². The molecule has 0 saturated carbocycles. The van der Waals surface area contributed by atoms with E-state index < -0.39 is 49.8 Å². The lowest BCUT2D eigenvalue weighted by atomic mass is 10.0. The number of fused-ring (bicyclic) bond motifs is 1. The van der Waals surface area contributed by atoms with Gasteiger partial charge < -0.3 is 54.1 Å². The molecule has 4 heterocycles. The molecule has 2 aliphatic rings. The maximum absolute atomic E-state index is 13.6. The average Bonchev–Trinajstić information content (AvgIpc) is 3.45. The SMILES string of the molecule is [B]N(CCCN(C)C)c1ccc[n+](CC2=C(C(=O)OP([B])C)N3C(=O)C(NC(=O)/C(=N\OCF)c4nsc(N)n4)C3SC2)c1N=CC.[I-]. The fourth-order valence-electron chi connectivity index (χ4n) is 4.81. The van der Waals surface area contributed by atoms with Crippen LogP contribution in [0.4, 0.5) is 21.0 Å². The number of thioether (sulfide) groups is 1. The summed E-state index contributed by atoms with van der Waals surface area (Å²) < 4.78 is 23.9. The Morgan fingerprint density at radius 2 is 2.12 bits per heavy atom. The Morgan fingerprint density at radius 1 is 1.38 bits per heavy atom. The van der Waals surface area contributed by atoms with Crippen LogP contribution in [0.2, 0.25) is 0 Å². The highest BCUT2D eigenvalue weighted by atomic mass is 127. The van der Waals surface area contributed by atoms with Crippen LogP contribution in [0.25, 0.3) is 0 Å². The molecule has 4 radical (unpaired) electrons. The van der Waals surface area contributed by atoms with E-state index in [1.54, 1.807) is 24.6 Å². The molecular formula is C26H33B2FIN10O5PS2. The highest BCUT2D eigenvalue weighted by Gasteiger charge is 2.55. The van der Waals surface area contributed by atoms with Gasteiger partial charge in [0, 0.05) is 37.4 Å². The van der Waals surface area contributed by atoms with Crippen LogP contribution in [0.15, 0.2) is 39.7 Å². The highest BCUT2D eigenvalue weighted by molar-refractivity contribution is 8.00. The molecule has 2 amide bonds. The average molecular weight is 828 g/mol. The summed E-state index contributed by atoms with van der Waals surface area (Å²) >= 11 is 2.13. The number of pyridine rings is 1. The fourth-order valence-corrected chi connectivity index (χ4v) is 6.93. The second kappa shape index (κ2) is 18.2. The van der Waals surface area contributed by atoms with Crippen LogP contribution >= 0.6 is 31.3 Å². The minimum atomic E-state index is -1.61. The molecule has 2 aromatic heterocycles. The monoisotopic (exact) mass is 828 g/mol. The summed E-state index contributed by atoms with van der Waals surface area (Å²) in [5.41, 5.74) is 6.46. The lowest BCUT2D eigenvalue weighted by Crippen LogP contribution is -3.00. The van der Waals surface area contributed by atoms with Crippen LogP contribution in [0.3, 0.4) is 0 Å². The Bertz CT molecular complexity index is 1590. The van der Waals surface area contributed by atoms with Crippen molar-refractivity contribution < 1.29 is 56.7 Å². The van der Waals surface area contributed by atoms with Crippen molar-refractivity contribution in [2.24, 2.45) is 10.1 Å². The first-order valence-electron chi connectivity index (χ1n) is 14.2. The van der Waals surface area contributed by atoms with E-state index in [0.29, 0.717) is 29.4 Å². The fraction of sp³-hybridized carbons (Fsp3) is 0.462. The molecule has 0 aliphatic carbocycles. The summed E-state index contributed by atoms with van der Waals surface area (Å²) in [5, 5.41) is 5.42. The quantitative estimate of drug-likeness (QED) is 0.0374. The number of amides is 2. The molecule has 1 fully saturated rings. The molecule has 3 atom stereocenters. The largest absolute Gasteiger partial charge is 1.00 e. The number of rotatable bonds is 15. The number of nitrogens with zero attached hydrogens (tertiary/aromatic N) is 8. The van der Waals surface area contributed by atoms with Gasteiger partial charge in [0.15, 0.2) is 12.7 Å². The van der Waals surface area contributed by atoms with Crippen molar-refractivity contribution >= 4 is 93.2 Å². The molecule has 0 aromatic carbocycles. The van der Waals surface area contributed by atoms with E-state index in [9.17, 15) is 18.8 Å². The summed E-state index contributed by atoms with van der Waals surface area (Å²) in [4.78, 5) is 58.0. The molecule has 1 saturated heterocycles. The maximum atomic E-state index is 13.6. The van der Waals surface area contributed by atoms with Gasteiger partial charge in [0.1, 0.15) is 35.6 Å². The predicted octanol–water partition coefficient (Wildman–Crippen LogP) is -2.37. The predicted molar refractivity (Wildman–Crippen MR) is 181 cm³/mol. The van der Waals surface area contributed by atoms with Gasteiger partial charge >= 0.3 is 11.8 Å². The number of hydrogen-bond donors (Lipinski definition) is 2. The van der Waals surface area contributed by atoms with Crippen molar-refractivity contribution in [3.8, 4) is 0 Å². The van der Waals surface area contributed by atoms with Crippen molar-refractivity contribution in [3.63, 3.8) is 0 Å². The smallest absolute Gasteiger partial charge is 0.357 e. The first kappa shape index (κ1) is 39.6. The first-order valence-corrected chi connectivity index (χ1v) is 17.8. The molecule has 254 valence electrons. The van der Waals surface area contributed by atoms with E-state index in [1.807, 2.05) is 37.0 Å². The Hall–Kier alpha value is -2.87. The van der Waals surface area contributed by atoms with Crippen LogP contribution in [-0.2, 0) is 30.3 Å². The number of carbonyl (C=O) groups excluding carboxylic acids is 3. The summed E-state index contributed by atoms with van der Waals surface area (Å²) in [6.45, 7) is 3.65. The third-order valence-corrected chi connectivity index (χ3v) is 9.11. The first-order chi connectivity index (χ1) is 22.5. The van der Waals surface area contributed by atoms with Gasteiger partial charge in [-0.3, -0.25) is 14.5 Å². The van der Waals surface area contributed by atoms with Crippen LogP contribution in [-0.4, -0.2) is 122 Å².